The second-order valence-corrected chi connectivity index (χ2v) is 4.03. The average Bonchev–Trinajstić information content (AvgIpc) is 2.71. The standard InChI is InChI=1S/C10H17N/c1-9-3-2-6-11(7-9)8-10-4-5-10/h10H,1-8H2. The van der Waals surface area contributed by atoms with E-state index in [9.17, 15) is 0 Å². The zero-order valence-corrected chi connectivity index (χ0v) is 7.18. The maximum Gasteiger partial charge on any atom is 0.0190 e. The molecule has 1 heterocycles. The van der Waals surface area contributed by atoms with E-state index in [0.717, 1.165) is 5.92 Å². The Bertz CT molecular complexity index is 158. The smallest absolute Gasteiger partial charge is 0.0190 e. The summed E-state index contributed by atoms with van der Waals surface area (Å²) in [6.45, 7) is 7.89. The van der Waals surface area contributed by atoms with Gasteiger partial charge in [0.15, 0.2) is 0 Å². The molecule has 0 radical (unpaired) electrons. The monoisotopic (exact) mass is 151 g/mol. The molecule has 11 heavy (non-hydrogen) atoms. The summed E-state index contributed by atoms with van der Waals surface area (Å²) in [4.78, 5) is 2.57. The van der Waals surface area contributed by atoms with Gasteiger partial charge >= 0.3 is 0 Å². The Morgan fingerprint density at radius 1 is 1.45 bits per heavy atom. The van der Waals surface area contributed by atoms with Crippen LogP contribution in [0.3, 0.4) is 0 Å². The van der Waals surface area contributed by atoms with Crippen molar-refractivity contribution in [2.45, 2.75) is 25.7 Å². The van der Waals surface area contributed by atoms with Crippen LogP contribution in [0.25, 0.3) is 0 Å². The number of hydrogen-bond donors (Lipinski definition) is 0. The van der Waals surface area contributed by atoms with Gasteiger partial charge in [-0.15, -0.1) is 0 Å². The predicted molar refractivity (Wildman–Crippen MR) is 47.5 cm³/mol. The fourth-order valence-corrected chi connectivity index (χ4v) is 1.85. The van der Waals surface area contributed by atoms with Crippen LogP contribution in [0.2, 0.25) is 0 Å². The third-order valence-corrected chi connectivity index (χ3v) is 2.67. The van der Waals surface area contributed by atoms with Crippen molar-refractivity contribution >= 4 is 0 Å². The Morgan fingerprint density at radius 2 is 2.27 bits per heavy atom. The number of hydrogen-bond acceptors (Lipinski definition) is 1. The van der Waals surface area contributed by atoms with Gasteiger partial charge in [0.1, 0.15) is 0 Å². The molecule has 1 nitrogen and oxygen atoms in total. The first kappa shape index (κ1) is 7.35. The molecule has 1 saturated carbocycles. The summed E-state index contributed by atoms with van der Waals surface area (Å²) < 4.78 is 0. The van der Waals surface area contributed by atoms with Gasteiger partial charge in [-0.05, 0) is 38.1 Å². The molecule has 62 valence electrons. The van der Waals surface area contributed by atoms with Gasteiger partial charge in [-0.25, -0.2) is 0 Å². The SMILES string of the molecule is C=C1CCCN(CC2CC2)C1. The van der Waals surface area contributed by atoms with Crippen molar-refractivity contribution < 1.29 is 0 Å². The molecule has 2 aliphatic rings. The van der Waals surface area contributed by atoms with Crippen LogP contribution in [0, 0.1) is 5.92 Å². The quantitative estimate of drug-likeness (QED) is 0.546. The van der Waals surface area contributed by atoms with Crippen LogP contribution < -0.4 is 0 Å². The van der Waals surface area contributed by atoms with Gasteiger partial charge in [0.2, 0.25) is 0 Å². The number of piperidine rings is 1. The first-order chi connectivity index (χ1) is 5.34. The Hall–Kier alpha value is -0.300. The van der Waals surface area contributed by atoms with Gasteiger partial charge in [0.05, 0.1) is 0 Å². The van der Waals surface area contributed by atoms with E-state index in [1.807, 2.05) is 0 Å². The molecule has 0 atom stereocenters. The van der Waals surface area contributed by atoms with Crippen molar-refractivity contribution in [1.82, 2.24) is 4.90 Å². The molecule has 0 amide bonds. The highest BCUT2D eigenvalue weighted by Gasteiger charge is 2.25. The molecule has 0 bridgehead atoms. The third kappa shape index (κ3) is 2.06. The highest BCUT2D eigenvalue weighted by Crippen LogP contribution is 2.30. The lowest BCUT2D eigenvalue weighted by Gasteiger charge is -2.27. The molecule has 0 N–H and O–H groups in total. The van der Waals surface area contributed by atoms with Crippen molar-refractivity contribution in [3.63, 3.8) is 0 Å². The lowest BCUT2D eigenvalue weighted by molar-refractivity contribution is 0.256. The molecule has 1 heteroatoms. The van der Waals surface area contributed by atoms with E-state index in [0.29, 0.717) is 0 Å². The highest BCUT2D eigenvalue weighted by molar-refractivity contribution is 5.01. The summed E-state index contributed by atoms with van der Waals surface area (Å²) in [5.74, 6) is 1.04. The maximum absolute atomic E-state index is 4.05. The minimum atomic E-state index is 1.04. The number of likely N-dealkylation sites (tertiary alicyclic amines) is 1. The van der Waals surface area contributed by atoms with E-state index in [1.54, 1.807) is 0 Å². The minimum absolute atomic E-state index is 1.04. The van der Waals surface area contributed by atoms with Gasteiger partial charge in [0.25, 0.3) is 0 Å². The van der Waals surface area contributed by atoms with E-state index >= 15 is 0 Å². The minimum Gasteiger partial charge on any atom is -0.299 e. The van der Waals surface area contributed by atoms with Crippen molar-refractivity contribution in [2.75, 3.05) is 19.6 Å². The molecular weight excluding hydrogens is 134 g/mol. The number of nitrogens with zero attached hydrogens (tertiary/aromatic N) is 1. The second kappa shape index (κ2) is 2.98. The zero-order chi connectivity index (χ0) is 7.68. The fourth-order valence-electron chi connectivity index (χ4n) is 1.85. The van der Waals surface area contributed by atoms with Crippen LogP contribution in [0.15, 0.2) is 12.2 Å². The van der Waals surface area contributed by atoms with Gasteiger partial charge < -0.3 is 0 Å². The van der Waals surface area contributed by atoms with Crippen molar-refractivity contribution in [1.29, 1.82) is 0 Å². The average molecular weight is 151 g/mol. The molecule has 2 rings (SSSR count). The predicted octanol–water partition coefficient (Wildman–Crippen LogP) is 2.05. The topological polar surface area (TPSA) is 3.24 Å². The highest BCUT2D eigenvalue weighted by atomic mass is 15.1. The van der Waals surface area contributed by atoms with Gasteiger partial charge in [-0.2, -0.15) is 0 Å². The summed E-state index contributed by atoms with van der Waals surface area (Å²) in [6.07, 6.45) is 5.55. The summed E-state index contributed by atoms with van der Waals surface area (Å²) in [5, 5.41) is 0. The normalized spacial score (nSPS) is 27.5. The molecule has 1 saturated heterocycles. The Morgan fingerprint density at radius 3 is 2.91 bits per heavy atom. The largest absolute Gasteiger partial charge is 0.299 e. The summed E-state index contributed by atoms with van der Waals surface area (Å²) in [7, 11) is 0. The maximum atomic E-state index is 4.05. The van der Waals surface area contributed by atoms with Crippen LogP contribution in [-0.2, 0) is 0 Å². The molecular formula is C10H17N. The van der Waals surface area contributed by atoms with E-state index in [2.05, 4.69) is 11.5 Å². The van der Waals surface area contributed by atoms with Crippen LogP contribution in [-0.4, -0.2) is 24.5 Å². The van der Waals surface area contributed by atoms with Gasteiger partial charge in [-0.3, -0.25) is 4.90 Å². The van der Waals surface area contributed by atoms with Crippen LogP contribution >= 0.6 is 0 Å². The van der Waals surface area contributed by atoms with Gasteiger partial charge in [-0.1, -0.05) is 12.2 Å². The van der Waals surface area contributed by atoms with E-state index < -0.39 is 0 Å². The molecule has 0 aromatic heterocycles. The summed E-state index contributed by atoms with van der Waals surface area (Å²) in [6, 6.07) is 0. The van der Waals surface area contributed by atoms with Crippen molar-refractivity contribution in [3.05, 3.63) is 12.2 Å². The van der Waals surface area contributed by atoms with Crippen LogP contribution in [0.1, 0.15) is 25.7 Å². The third-order valence-electron chi connectivity index (χ3n) is 2.67. The van der Waals surface area contributed by atoms with Crippen molar-refractivity contribution in [3.8, 4) is 0 Å². The lowest BCUT2D eigenvalue weighted by Crippen LogP contribution is -2.32. The van der Waals surface area contributed by atoms with Crippen LogP contribution in [0.4, 0.5) is 0 Å². The first-order valence-corrected chi connectivity index (χ1v) is 4.73. The fraction of sp³-hybridized carbons (Fsp3) is 0.800. The Kier molecular flexibility index (Phi) is 1.99. The first-order valence-electron chi connectivity index (χ1n) is 4.73. The lowest BCUT2D eigenvalue weighted by atomic mass is 10.1. The molecule has 1 aliphatic heterocycles. The zero-order valence-electron chi connectivity index (χ0n) is 7.18. The Labute approximate surface area is 69.1 Å². The number of rotatable bonds is 2. The molecule has 1 aliphatic carbocycles. The van der Waals surface area contributed by atoms with Gasteiger partial charge in [0, 0.05) is 13.1 Å². The summed E-state index contributed by atoms with van der Waals surface area (Å²) >= 11 is 0. The molecule has 0 aromatic rings. The molecule has 2 fully saturated rings. The Balaban J connectivity index is 1.77. The van der Waals surface area contributed by atoms with Crippen LogP contribution in [0.5, 0.6) is 0 Å². The molecule has 0 aromatic carbocycles. The van der Waals surface area contributed by atoms with E-state index in [1.165, 1.54) is 50.9 Å². The van der Waals surface area contributed by atoms with Crippen molar-refractivity contribution in [2.24, 2.45) is 5.92 Å². The van der Waals surface area contributed by atoms with E-state index in [-0.39, 0.29) is 0 Å². The molecule has 0 unspecified atom stereocenters. The van der Waals surface area contributed by atoms with E-state index in [4.69, 9.17) is 0 Å². The second-order valence-electron chi connectivity index (χ2n) is 4.03. The summed E-state index contributed by atoms with van der Waals surface area (Å²) in [5.41, 5.74) is 1.44. The molecule has 0 spiro atoms.